The molecule has 0 spiro atoms. The fourth-order valence-electron chi connectivity index (χ4n) is 3.82. The van der Waals surface area contributed by atoms with Crippen molar-refractivity contribution in [1.29, 1.82) is 0 Å². The highest BCUT2D eigenvalue weighted by molar-refractivity contribution is 8.15. The van der Waals surface area contributed by atoms with Crippen molar-refractivity contribution in [3.63, 3.8) is 0 Å². The van der Waals surface area contributed by atoms with Gasteiger partial charge in [0, 0.05) is 26.1 Å². The molecule has 1 aliphatic rings. The minimum absolute atomic E-state index is 0.138. The summed E-state index contributed by atoms with van der Waals surface area (Å²) in [5, 5.41) is 1.63. The molecule has 0 aliphatic carbocycles. The second kappa shape index (κ2) is 10.6. The number of hydrogen-bond donors (Lipinski definition) is 1. The number of benzene rings is 3. The Labute approximate surface area is 207 Å². The van der Waals surface area contributed by atoms with Crippen LogP contribution in [0.25, 0.3) is 11.1 Å². The van der Waals surface area contributed by atoms with E-state index in [2.05, 4.69) is 5.32 Å². The van der Waals surface area contributed by atoms with Gasteiger partial charge in [0.05, 0.1) is 5.25 Å². The standard InChI is InChI=1S/C27H24N2O5S/c1-17(30)34-23-12-10-21(11-13-23)26(32)29(2)16-19-4-3-5-22(14-19)20-8-6-18(7-9-20)15-24-25(31)28-27(33)35-24/h3-14,24H,15-16H2,1-2H3,(H,28,31,33). The molecule has 3 aromatic carbocycles. The van der Waals surface area contributed by atoms with Crippen molar-refractivity contribution in [1.82, 2.24) is 10.2 Å². The van der Waals surface area contributed by atoms with Crippen LogP contribution in [0.4, 0.5) is 4.79 Å². The van der Waals surface area contributed by atoms with Gasteiger partial charge < -0.3 is 9.64 Å². The molecule has 0 aromatic heterocycles. The molecule has 0 bridgehead atoms. The molecule has 7 nitrogen and oxygen atoms in total. The zero-order valence-corrected chi connectivity index (χ0v) is 20.1. The van der Waals surface area contributed by atoms with Gasteiger partial charge in [0.15, 0.2) is 0 Å². The van der Waals surface area contributed by atoms with Crippen molar-refractivity contribution >= 4 is 34.8 Å². The average molecular weight is 489 g/mol. The molecule has 1 heterocycles. The lowest BCUT2D eigenvalue weighted by atomic mass is 10.00. The first-order valence-electron chi connectivity index (χ1n) is 11.0. The van der Waals surface area contributed by atoms with Crippen molar-refractivity contribution in [3.05, 3.63) is 89.5 Å². The van der Waals surface area contributed by atoms with Crippen LogP contribution in [0.5, 0.6) is 5.75 Å². The number of rotatable bonds is 7. The molecule has 8 heteroatoms. The first kappa shape index (κ1) is 24.2. The van der Waals surface area contributed by atoms with E-state index in [1.807, 2.05) is 48.5 Å². The van der Waals surface area contributed by atoms with Gasteiger partial charge in [-0.25, -0.2) is 0 Å². The molecule has 3 aromatic rings. The molecule has 0 saturated carbocycles. The number of esters is 1. The van der Waals surface area contributed by atoms with Gasteiger partial charge in [-0.1, -0.05) is 54.2 Å². The van der Waals surface area contributed by atoms with Crippen molar-refractivity contribution in [2.75, 3.05) is 7.05 Å². The van der Waals surface area contributed by atoms with Crippen LogP contribution in [0, 0.1) is 0 Å². The van der Waals surface area contributed by atoms with Crippen molar-refractivity contribution in [2.24, 2.45) is 0 Å². The lowest BCUT2D eigenvalue weighted by Crippen LogP contribution is -2.26. The summed E-state index contributed by atoms with van der Waals surface area (Å²) < 4.78 is 5.01. The minimum Gasteiger partial charge on any atom is -0.427 e. The summed E-state index contributed by atoms with van der Waals surface area (Å²) in [5.74, 6) is -0.390. The summed E-state index contributed by atoms with van der Waals surface area (Å²) in [6.45, 7) is 1.76. The van der Waals surface area contributed by atoms with E-state index in [4.69, 9.17) is 4.74 Å². The van der Waals surface area contributed by atoms with Crippen LogP contribution in [-0.4, -0.2) is 40.2 Å². The molecule has 1 N–H and O–H groups in total. The summed E-state index contributed by atoms with van der Waals surface area (Å²) in [6, 6.07) is 22.4. The van der Waals surface area contributed by atoms with E-state index in [1.54, 1.807) is 36.2 Å². The van der Waals surface area contributed by atoms with Gasteiger partial charge in [-0.3, -0.25) is 24.5 Å². The fourth-order valence-corrected chi connectivity index (χ4v) is 4.68. The molecule has 0 radical (unpaired) electrons. The van der Waals surface area contributed by atoms with Crippen LogP contribution < -0.4 is 10.1 Å². The Hall–Kier alpha value is -3.91. The molecule has 1 fully saturated rings. The Morgan fingerprint density at radius 2 is 1.66 bits per heavy atom. The molecule has 1 unspecified atom stereocenters. The Morgan fingerprint density at radius 1 is 0.943 bits per heavy atom. The highest BCUT2D eigenvalue weighted by Crippen LogP contribution is 2.26. The topological polar surface area (TPSA) is 92.8 Å². The van der Waals surface area contributed by atoms with Crippen molar-refractivity contribution in [2.45, 2.75) is 25.1 Å². The lowest BCUT2D eigenvalue weighted by Gasteiger charge is -2.18. The van der Waals surface area contributed by atoms with E-state index in [0.29, 0.717) is 24.3 Å². The van der Waals surface area contributed by atoms with E-state index in [9.17, 15) is 19.2 Å². The van der Waals surface area contributed by atoms with E-state index < -0.39 is 5.97 Å². The second-order valence-corrected chi connectivity index (χ2v) is 9.44. The van der Waals surface area contributed by atoms with Gasteiger partial charge in [0.25, 0.3) is 11.1 Å². The summed E-state index contributed by atoms with van der Waals surface area (Å²) in [7, 11) is 1.74. The maximum Gasteiger partial charge on any atom is 0.308 e. The fraction of sp³-hybridized carbons (Fsp3) is 0.185. The van der Waals surface area contributed by atoms with E-state index >= 15 is 0 Å². The summed E-state index contributed by atoms with van der Waals surface area (Å²) in [5.41, 5.74) is 4.51. The predicted molar refractivity (Wildman–Crippen MR) is 134 cm³/mol. The number of hydrogen-bond acceptors (Lipinski definition) is 6. The van der Waals surface area contributed by atoms with Gasteiger partial charge in [-0.2, -0.15) is 0 Å². The Kier molecular flexibility index (Phi) is 7.31. The van der Waals surface area contributed by atoms with Crippen LogP contribution in [0.1, 0.15) is 28.4 Å². The molecular formula is C27H24N2O5S. The predicted octanol–water partition coefficient (Wildman–Crippen LogP) is 4.45. The number of carbonyl (C=O) groups excluding carboxylic acids is 4. The average Bonchev–Trinajstić information content (AvgIpc) is 3.15. The molecular weight excluding hydrogens is 464 g/mol. The SMILES string of the molecule is CC(=O)Oc1ccc(C(=O)N(C)Cc2cccc(-c3ccc(CC4SC(=O)NC4=O)cc3)c2)cc1. The highest BCUT2D eigenvalue weighted by Gasteiger charge is 2.31. The van der Waals surface area contributed by atoms with E-state index in [-0.39, 0.29) is 22.3 Å². The number of ether oxygens (including phenoxy) is 1. The molecule has 1 saturated heterocycles. The molecule has 1 atom stereocenters. The van der Waals surface area contributed by atoms with Gasteiger partial charge in [0.2, 0.25) is 5.91 Å². The van der Waals surface area contributed by atoms with Crippen LogP contribution in [0.15, 0.2) is 72.8 Å². The smallest absolute Gasteiger partial charge is 0.308 e. The second-order valence-electron chi connectivity index (χ2n) is 8.26. The summed E-state index contributed by atoms with van der Waals surface area (Å²) >= 11 is 1.03. The minimum atomic E-state index is -0.410. The van der Waals surface area contributed by atoms with Crippen molar-refractivity contribution < 1.29 is 23.9 Å². The summed E-state index contributed by atoms with van der Waals surface area (Å²) in [4.78, 5) is 48.7. The van der Waals surface area contributed by atoms with Gasteiger partial charge in [-0.15, -0.1) is 0 Å². The number of nitrogens with one attached hydrogen (secondary N) is 1. The quantitative estimate of drug-likeness (QED) is 0.390. The van der Waals surface area contributed by atoms with Crippen LogP contribution in [0.2, 0.25) is 0 Å². The number of carbonyl (C=O) groups is 4. The maximum absolute atomic E-state index is 12.8. The largest absolute Gasteiger partial charge is 0.427 e. The maximum atomic E-state index is 12.8. The Balaban J connectivity index is 1.40. The van der Waals surface area contributed by atoms with Gasteiger partial charge in [0.1, 0.15) is 5.75 Å². The molecule has 35 heavy (non-hydrogen) atoms. The lowest BCUT2D eigenvalue weighted by molar-refractivity contribution is -0.131. The van der Waals surface area contributed by atoms with E-state index in [0.717, 1.165) is 34.0 Å². The first-order valence-corrected chi connectivity index (χ1v) is 11.9. The number of nitrogens with zero attached hydrogens (tertiary/aromatic N) is 1. The Bertz CT molecular complexity index is 1270. The third-order valence-corrected chi connectivity index (χ3v) is 6.51. The third-order valence-electron chi connectivity index (χ3n) is 5.53. The number of thioether (sulfide) groups is 1. The molecule has 3 amide bonds. The summed E-state index contributed by atoms with van der Waals surface area (Å²) in [6.07, 6.45) is 0.497. The van der Waals surface area contributed by atoms with Crippen LogP contribution >= 0.6 is 11.8 Å². The zero-order valence-electron chi connectivity index (χ0n) is 19.3. The van der Waals surface area contributed by atoms with Crippen molar-refractivity contribution in [3.8, 4) is 16.9 Å². The third kappa shape index (κ3) is 6.16. The van der Waals surface area contributed by atoms with Crippen LogP contribution in [0.3, 0.4) is 0 Å². The monoisotopic (exact) mass is 488 g/mol. The Morgan fingerprint density at radius 3 is 2.29 bits per heavy atom. The van der Waals surface area contributed by atoms with Crippen LogP contribution in [-0.2, 0) is 22.6 Å². The molecule has 4 rings (SSSR count). The molecule has 178 valence electrons. The zero-order chi connectivity index (χ0) is 24.9. The normalized spacial score (nSPS) is 15.0. The number of amides is 3. The molecule has 1 aliphatic heterocycles. The highest BCUT2D eigenvalue weighted by atomic mass is 32.2. The van der Waals surface area contributed by atoms with Gasteiger partial charge >= 0.3 is 5.97 Å². The number of imide groups is 1. The van der Waals surface area contributed by atoms with Gasteiger partial charge in [-0.05, 0) is 59.0 Å². The van der Waals surface area contributed by atoms with E-state index in [1.165, 1.54) is 6.92 Å². The first-order chi connectivity index (χ1) is 16.8.